The Kier molecular flexibility index (Phi) is 8.36. The fourth-order valence-corrected chi connectivity index (χ4v) is 3.80. The van der Waals surface area contributed by atoms with E-state index in [2.05, 4.69) is 38.4 Å². The number of nitrogens with zero attached hydrogens (tertiary/aromatic N) is 3. The molecule has 1 fully saturated rings. The summed E-state index contributed by atoms with van der Waals surface area (Å²) in [7, 11) is 3.52. The summed E-state index contributed by atoms with van der Waals surface area (Å²) in [6.07, 6.45) is 0.910. The number of carbonyl (C=O) groups is 1. The summed E-state index contributed by atoms with van der Waals surface area (Å²) in [4.78, 5) is 21.5. The van der Waals surface area contributed by atoms with Crippen LogP contribution in [-0.2, 0) is 6.54 Å². The van der Waals surface area contributed by atoms with Gasteiger partial charge in [-0.3, -0.25) is 9.79 Å². The Balaban J connectivity index is 1.56. The number of amides is 1. The molecule has 1 saturated heterocycles. The second kappa shape index (κ2) is 11.4. The Morgan fingerprint density at radius 2 is 1.88 bits per heavy atom. The zero-order valence-corrected chi connectivity index (χ0v) is 19.6. The molecule has 2 aromatic carbocycles. The number of anilines is 1. The second-order valence-corrected chi connectivity index (χ2v) is 8.03. The third kappa shape index (κ3) is 5.93. The van der Waals surface area contributed by atoms with Gasteiger partial charge in [0.2, 0.25) is 0 Å². The summed E-state index contributed by atoms with van der Waals surface area (Å²) in [6, 6.07) is 16.1. The lowest BCUT2D eigenvalue weighted by Gasteiger charge is -2.38. The number of piperazine rings is 1. The molecule has 1 aliphatic heterocycles. The van der Waals surface area contributed by atoms with Crippen molar-refractivity contribution in [1.29, 1.82) is 0 Å². The fourth-order valence-electron chi connectivity index (χ4n) is 3.80. The van der Waals surface area contributed by atoms with E-state index in [9.17, 15) is 4.79 Å². The first-order valence-corrected chi connectivity index (χ1v) is 11.3. The summed E-state index contributed by atoms with van der Waals surface area (Å²) in [5.74, 6) is 1.75. The maximum atomic E-state index is 12.4. The molecule has 172 valence electrons. The molecule has 3 rings (SSSR count). The van der Waals surface area contributed by atoms with E-state index in [1.165, 1.54) is 0 Å². The Bertz CT molecular complexity index is 922. The van der Waals surface area contributed by atoms with Gasteiger partial charge >= 0.3 is 0 Å². The molecule has 1 aliphatic rings. The molecular formula is C25H35N5O2. The van der Waals surface area contributed by atoms with Crippen LogP contribution in [0.25, 0.3) is 0 Å². The van der Waals surface area contributed by atoms with Crippen LogP contribution in [-0.4, -0.2) is 63.1 Å². The predicted molar refractivity (Wildman–Crippen MR) is 131 cm³/mol. The maximum Gasteiger partial charge on any atom is 0.251 e. The fraction of sp³-hybridized carbons (Fsp3) is 0.440. The lowest BCUT2D eigenvalue weighted by Crippen LogP contribution is -2.52. The zero-order valence-electron chi connectivity index (χ0n) is 19.6. The van der Waals surface area contributed by atoms with Crippen molar-refractivity contribution in [3.8, 4) is 5.75 Å². The highest BCUT2D eigenvalue weighted by molar-refractivity contribution is 5.94. The van der Waals surface area contributed by atoms with Crippen molar-refractivity contribution < 1.29 is 9.53 Å². The quantitative estimate of drug-likeness (QED) is 0.515. The van der Waals surface area contributed by atoms with Crippen LogP contribution < -0.4 is 20.3 Å². The highest BCUT2D eigenvalue weighted by Crippen LogP contribution is 2.28. The van der Waals surface area contributed by atoms with Gasteiger partial charge in [-0.1, -0.05) is 31.2 Å². The molecule has 0 radical (unpaired) electrons. The van der Waals surface area contributed by atoms with Gasteiger partial charge in [0.15, 0.2) is 5.96 Å². The Morgan fingerprint density at radius 1 is 1.12 bits per heavy atom. The normalized spacial score (nSPS) is 15.3. The molecular weight excluding hydrogens is 402 g/mol. The molecule has 1 amide bonds. The standard InChI is InChI=1S/C25H35N5O2/c1-5-19(2)28-24(31)21-10-8-9-20(17-21)18-27-25(26-3)30-15-13-29(14-16-30)22-11-6-7-12-23(22)32-4/h6-12,17,19H,5,13-16,18H2,1-4H3,(H,26,27)(H,28,31). The second-order valence-electron chi connectivity index (χ2n) is 8.03. The van der Waals surface area contributed by atoms with E-state index in [-0.39, 0.29) is 11.9 Å². The van der Waals surface area contributed by atoms with E-state index >= 15 is 0 Å². The van der Waals surface area contributed by atoms with Crippen LogP contribution in [0.4, 0.5) is 5.69 Å². The lowest BCUT2D eigenvalue weighted by atomic mass is 10.1. The van der Waals surface area contributed by atoms with E-state index in [0.717, 1.165) is 55.6 Å². The van der Waals surface area contributed by atoms with Crippen LogP contribution in [0.3, 0.4) is 0 Å². The summed E-state index contributed by atoms with van der Waals surface area (Å²) in [6.45, 7) is 8.22. The van der Waals surface area contributed by atoms with Crippen LogP contribution in [0.2, 0.25) is 0 Å². The number of ether oxygens (including phenoxy) is 1. The number of carbonyl (C=O) groups excluding carboxylic acids is 1. The van der Waals surface area contributed by atoms with Crippen molar-refractivity contribution >= 4 is 17.6 Å². The number of nitrogens with one attached hydrogen (secondary N) is 2. The predicted octanol–water partition coefficient (Wildman–Crippen LogP) is 3.12. The summed E-state index contributed by atoms with van der Waals surface area (Å²) < 4.78 is 5.52. The number of rotatable bonds is 7. The molecule has 0 spiro atoms. The van der Waals surface area contributed by atoms with Crippen LogP contribution in [0.1, 0.15) is 36.2 Å². The van der Waals surface area contributed by atoms with Gasteiger partial charge in [-0.25, -0.2) is 0 Å². The van der Waals surface area contributed by atoms with E-state index in [4.69, 9.17) is 4.74 Å². The number of hydrogen-bond donors (Lipinski definition) is 2. The van der Waals surface area contributed by atoms with Gasteiger partial charge in [-0.05, 0) is 43.2 Å². The van der Waals surface area contributed by atoms with Crippen LogP contribution >= 0.6 is 0 Å². The van der Waals surface area contributed by atoms with Gasteiger partial charge < -0.3 is 25.2 Å². The Hall–Kier alpha value is -3.22. The molecule has 0 bridgehead atoms. The van der Waals surface area contributed by atoms with Gasteiger partial charge in [0.1, 0.15) is 5.75 Å². The minimum atomic E-state index is -0.0296. The van der Waals surface area contributed by atoms with E-state index in [1.807, 2.05) is 56.4 Å². The van der Waals surface area contributed by atoms with E-state index in [1.54, 1.807) is 7.11 Å². The van der Waals surface area contributed by atoms with Crippen molar-refractivity contribution in [3.63, 3.8) is 0 Å². The van der Waals surface area contributed by atoms with E-state index in [0.29, 0.717) is 12.1 Å². The number of benzene rings is 2. The van der Waals surface area contributed by atoms with Crippen LogP contribution in [0.5, 0.6) is 5.75 Å². The van der Waals surface area contributed by atoms with E-state index < -0.39 is 0 Å². The first-order valence-electron chi connectivity index (χ1n) is 11.3. The molecule has 0 aliphatic carbocycles. The van der Waals surface area contributed by atoms with Crippen molar-refractivity contribution in [2.75, 3.05) is 45.2 Å². The van der Waals surface area contributed by atoms with Crippen molar-refractivity contribution in [3.05, 3.63) is 59.7 Å². The molecule has 0 saturated carbocycles. The maximum absolute atomic E-state index is 12.4. The average molecular weight is 438 g/mol. The molecule has 7 nitrogen and oxygen atoms in total. The molecule has 2 aromatic rings. The zero-order chi connectivity index (χ0) is 22.9. The number of methoxy groups -OCH3 is 1. The lowest BCUT2D eigenvalue weighted by molar-refractivity contribution is 0.0939. The van der Waals surface area contributed by atoms with Crippen molar-refractivity contribution in [2.24, 2.45) is 4.99 Å². The van der Waals surface area contributed by atoms with Crippen molar-refractivity contribution in [1.82, 2.24) is 15.5 Å². The number of guanidine groups is 1. The molecule has 1 heterocycles. The number of para-hydroxylation sites is 2. The summed E-state index contributed by atoms with van der Waals surface area (Å²) >= 11 is 0. The Labute approximate surface area is 191 Å². The first-order chi connectivity index (χ1) is 15.5. The molecule has 2 N–H and O–H groups in total. The largest absolute Gasteiger partial charge is 0.495 e. The highest BCUT2D eigenvalue weighted by Gasteiger charge is 2.21. The van der Waals surface area contributed by atoms with Gasteiger partial charge in [-0.2, -0.15) is 0 Å². The average Bonchev–Trinajstić information content (AvgIpc) is 2.84. The molecule has 0 aromatic heterocycles. The third-order valence-electron chi connectivity index (χ3n) is 5.85. The van der Waals surface area contributed by atoms with Crippen LogP contribution in [0.15, 0.2) is 53.5 Å². The monoisotopic (exact) mass is 437 g/mol. The smallest absolute Gasteiger partial charge is 0.251 e. The topological polar surface area (TPSA) is 69.2 Å². The van der Waals surface area contributed by atoms with Gasteiger partial charge in [0, 0.05) is 51.4 Å². The van der Waals surface area contributed by atoms with Gasteiger partial charge in [-0.15, -0.1) is 0 Å². The van der Waals surface area contributed by atoms with Crippen molar-refractivity contribution in [2.45, 2.75) is 32.9 Å². The summed E-state index contributed by atoms with van der Waals surface area (Å²) in [5, 5.41) is 6.47. The number of hydrogen-bond acceptors (Lipinski definition) is 4. The molecule has 32 heavy (non-hydrogen) atoms. The highest BCUT2D eigenvalue weighted by atomic mass is 16.5. The number of aliphatic imine (C=N–C) groups is 1. The van der Waals surface area contributed by atoms with Crippen LogP contribution in [0, 0.1) is 0 Å². The SMILES string of the molecule is CCC(C)NC(=O)c1cccc(CNC(=NC)N2CCN(c3ccccc3OC)CC2)c1. The third-order valence-corrected chi connectivity index (χ3v) is 5.85. The Morgan fingerprint density at radius 3 is 2.56 bits per heavy atom. The minimum absolute atomic E-state index is 0.0296. The molecule has 1 unspecified atom stereocenters. The minimum Gasteiger partial charge on any atom is -0.495 e. The molecule has 1 atom stereocenters. The van der Waals surface area contributed by atoms with Gasteiger partial charge in [0.25, 0.3) is 5.91 Å². The molecule has 7 heteroatoms. The van der Waals surface area contributed by atoms with Gasteiger partial charge in [0.05, 0.1) is 12.8 Å². The summed E-state index contributed by atoms with van der Waals surface area (Å²) in [5.41, 5.74) is 2.87. The first kappa shape index (κ1) is 23.4.